The summed E-state index contributed by atoms with van der Waals surface area (Å²) in [6.07, 6.45) is 2.43. The van der Waals surface area contributed by atoms with Gasteiger partial charge in [0.15, 0.2) is 0 Å². The molecule has 0 atom stereocenters. The lowest BCUT2D eigenvalue weighted by Gasteiger charge is -2.16. The minimum atomic E-state index is 0.0929. The van der Waals surface area contributed by atoms with E-state index in [9.17, 15) is 4.79 Å². The van der Waals surface area contributed by atoms with Gasteiger partial charge in [-0.15, -0.1) is 11.3 Å². The quantitative estimate of drug-likeness (QED) is 0.383. The molecule has 0 saturated heterocycles. The van der Waals surface area contributed by atoms with Crippen LogP contribution in [0.25, 0.3) is 11.3 Å². The highest BCUT2D eigenvalue weighted by molar-refractivity contribution is 7.10. The van der Waals surface area contributed by atoms with Gasteiger partial charge in [0.25, 0.3) is 0 Å². The van der Waals surface area contributed by atoms with E-state index < -0.39 is 0 Å². The van der Waals surface area contributed by atoms with E-state index in [2.05, 4.69) is 0 Å². The zero-order valence-corrected chi connectivity index (χ0v) is 18.2. The third-order valence-electron chi connectivity index (χ3n) is 4.91. The Hall–Kier alpha value is -2.89. The first-order valence-corrected chi connectivity index (χ1v) is 11.0. The zero-order chi connectivity index (χ0) is 20.9. The summed E-state index contributed by atoms with van der Waals surface area (Å²) in [6, 6.07) is 21.8. The smallest absolute Gasteiger partial charge is 0.227 e. The van der Waals surface area contributed by atoms with Gasteiger partial charge in [-0.25, -0.2) is 0 Å². The first-order valence-electron chi connectivity index (χ1n) is 9.71. The second-order valence-corrected chi connectivity index (χ2v) is 8.60. The van der Waals surface area contributed by atoms with Gasteiger partial charge in [-0.2, -0.15) is 5.10 Å². The summed E-state index contributed by atoms with van der Waals surface area (Å²) in [5.41, 5.74) is 3.94. The number of hydrogen-bond donors (Lipinski definition) is 0. The number of halogens is 1. The maximum atomic E-state index is 12.7. The second-order valence-electron chi connectivity index (χ2n) is 7.16. The number of rotatable bonds is 7. The lowest BCUT2D eigenvalue weighted by molar-refractivity contribution is -0.129. The maximum Gasteiger partial charge on any atom is 0.227 e. The molecule has 0 aliphatic rings. The molecular formula is C24H22ClN3OS. The third kappa shape index (κ3) is 4.81. The Kier molecular flexibility index (Phi) is 6.31. The number of nitrogens with zero attached hydrogens (tertiary/aromatic N) is 3. The summed E-state index contributed by atoms with van der Waals surface area (Å²) >= 11 is 7.94. The van der Waals surface area contributed by atoms with Gasteiger partial charge < -0.3 is 4.90 Å². The highest BCUT2D eigenvalue weighted by atomic mass is 35.5. The third-order valence-corrected chi connectivity index (χ3v) is 6.16. The minimum Gasteiger partial charge on any atom is -0.341 e. The van der Waals surface area contributed by atoms with E-state index in [0.717, 1.165) is 32.3 Å². The molecule has 2 heterocycles. The predicted molar refractivity (Wildman–Crippen MR) is 123 cm³/mol. The highest BCUT2D eigenvalue weighted by Crippen LogP contribution is 2.25. The molecule has 4 aromatic rings. The van der Waals surface area contributed by atoms with Crippen molar-refractivity contribution in [2.75, 3.05) is 7.05 Å². The molecule has 0 bridgehead atoms. The summed E-state index contributed by atoms with van der Waals surface area (Å²) in [7, 11) is 1.84. The molecule has 0 aliphatic heterocycles. The van der Waals surface area contributed by atoms with E-state index in [-0.39, 0.29) is 5.91 Å². The normalized spacial score (nSPS) is 10.9. The van der Waals surface area contributed by atoms with Crippen LogP contribution in [-0.2, 0) is 24.3 Å². The average Bonchev–Trinajstić information content (AvgIpc) is 3.40. The van der Waals surface area contributed by atoms with E-state index in [1.807, 2.05) is 90.0 Å². The molecule has 0 fully saturated rings. The number of likely N-dealkylation sites (N-methyl/N-ethyl adjacent to an activating group) is 1. The van der Waals surface area contributed by atoms with Gasteiger partial charge in [-0.3, -0.25) is 9.48 Å². The van der Waals surface area contributed by atoms with Crippen molar-refractivity contribution in [2.24, 2.45) is 0 Å². The van der Waals surface area contributed by atoms with Crippen LogP contribution in [0.2, 0.25) is 5.02 Å². The van der Waals surface area contributed by atoms with Crippen molar-refractivity contribution in [1.82, 2.24) is 14.7 Å². The number of aromatic nitrogens is 2. The van der Waals surface area contributed by atoms with Crippen LogP contribution in [0.5, 0.6) is 0 Å². The van der Waals surface area contributed by atoms with Crippen molar-refractivity contribution in [2.45, 2.75) is 19.5 Å². The van der Waals surface area contributed by atoms with Crippen molar-refractivity contribution in [3.63, 3.8) is 0 Å². The van der Waals surface area contributed by atoms with Crippen LogP contribution in [0.3, 0.4) is 0 Å². The number of hydrogen-bond acceptors (Lipinski definition) is 3. The Labute approximate surface area is 185 Å². The number of amides is 1. The second kappa shape index (κ2) is 9.28. The summed E-state index contributed by atoms with van der Waals surface area (Å²) in [5.74, 6) is 0.0929. The molecule has 2 aromatic carbocycles. The van der Waals surface area contributed by atoms with Crippen molar-refractivity contribution < 1.29 is 4.79 Å². The van der Waals surface area contributed by atoms with Gasteiger partial charge in [0.05, 0.1) is 18.7 Å². The van der Waals surface area contributed by atoms with Crippen molar-refractivity contribution in [3.05, 3.63) is 99.3 Å². The molecule has 0 N–H and O–H groups in total. The van der Waals surface area contributed by atoms with Crippen molar-refractivity contribution in [3.8, 4) is 11.3 Å². The van der Waals surface area contributed by atoms with Crippen LogP contribution in [0, 0.1) is 0 Å². The van der Waals surface area contributed by atoms with E-state index in [1.54, 1.807) is 16.2 Å². The molecule has 2 aromatic heterocycles. The summed E-state index contributed by atoms with van der Waals surface area (Å²) < 4.78 is 1.90. The maximum absolute atomic E-state index is 12.7. The Morgan fingerprint density at radius 2 is 1.80 bits per heavy atom. The molecule has 6 heteroatoms. The lowest BCUT2D eigenvalue weighted by Crippen LogP contribution is -2.27. The molecule has 0 aliphatic carbocycles. The fourth-order valence-corrected chi connectivity index (χ4v) is 4.23. The largest absolute Gasteiger partial charge is 0.341 e. The first-order chi connectivity index (χ1) is 14.6. The van der Waals surface area contributed by atoms with Crippen LogP contribution in [0.4, 0.5) is 0 Å². The Bertz CT molecular complexity index is 1120. The SMILES string of the molecule is CN(Cc1cn(Cc2ccccc2Cl)nc1-c1ccccc1)C(=O)Cc1cccs1. The van der Waals surface area contributed by atoms with Crippen LogP contribution < -0.4 is 0 Å². The van der Waals surface area contributed by atoms with E-state index in [0.29, 0.717) is 19.5 Å². The minimum absolute atomic E-state index is 0.0929. The molecular weight excluding hydrogens is 414 g/mol. The summed E-state index contributed by atoms with van der Waals surface area (Å²) in [4.78, 5) is 15.5. The van der Waals surface area contributed by atoms with Gasteiger partial charge in [0.1, 0.15) is 0 Å². The lowest BCUT2D eigenvalue weighted by atomic mass is 10.1. The molecule has 1 amide bonds. The number of thiophene rings is 1. The Balaban J connectivity index is 1.59. The molecule has 4 rings (SSSR count). The van der Waals surface area contributed by atoms with E-state index in [1.165, 1.54) is 0 Å². The van der Waals surface area contributed by atoms with Gasteiger partial charge in [-0.1, -0.05) is 66.2 Å². The van der Waals surface area contributed by atoms with E-state index in [4.69, 9.17) is 16.7 Å². The zero-order valence-electron chi connectivity index (χ0n) is 16.7. The fraction of sp³-hybridized carbons (Fsp3) is 0.167. The van der Waals surface area contributed by atoms with Crippen LogP contribution in [-0.4, -0.2) is 27.6 Å². The average molecular weight is 436 g/mol. The molecule has 4 nitrogen and oxygen atoms in total. The van der Waals surface area contributed by atoms with Gasteiger partial charge >= 0.3 is 0 Å². The summed E-state index contributed by atoms with van der Waals surface area (Å²) in [5, 5.41) is 7.54. The van der Waals surface area contributed by atoms with Crippen molar-refractivity contribution in [1.29, 1.82) is 0 Å². The van der Waals surface area contributed by atoms with Gasteiger partial charge in [0, 0.05) is 40.8 Å². The number of benzene rings is 2. The monoisotopic (exact) mass is 435 g/mol. The number of carbonyl (C=O) groups excluding carboxylic acids is 1. The Morgan fingerprint density at radius 1 is 1.03 bits per heavy atom. The van der Waals surface area contributed by atoms with Crippen LogP contribution >= 0.6 is 22.9 Å². The standard InChI is InChI=1S/C24H22ClN3OS/c1-27(23(29)14-21-11-7-13-30-21)15-20-17-28(16-19-10-5-6-12-22(19)25)26-24(20)18-8-3-2-4-9-18/h2-13,17H,14-16H2,1H3. The molecule has 152 valence electrons. The molecule has 0 spiro atoms. The summed E-state index contributed by atoms with van der Waals surface area (Å²) in [6.45, 7) is 1.07. The van der Waals surface area contributed by atoms with Crippen LogP contribution in [0.15, 0.2) is 78.3 Å². The first kappa shape index (κ1) is 20.4. The van der Waals surface area contributed by atoms with Gasteiger partial charge in [0.2, 0.25) is 5.91 Å². The molecule has 0 radical (unpaired) electrons. The predicted octanol–water partition coefficient (Wildman–Crippen LogP) is 5.51. The fourth-order valence-electron chi connectivity index (χ4n) is 3.34. The Morgan fingerprint density at radius 3 is 2.53 bits per heavy atom. The molecule has 0 saturated carbocycles. The number of carbonyl (C=O) groups is 1. The van der Waals surface area contributed by atoms with Crippen molar-refractivity contribution >= 4 is 28.8 Å². The topological polar surface area (TPSA) is 38.1 Å². The van der Waals surface area contributed by atoms with Crippen LogP contribution in [0.1, 0.15) is 16.0 Å². The van der Waals surface area contributed by atoms with Gasteiger partial charge in [-0.05, 0) is 23.1 Å². The molecule has 0 unspecified atom stereocenters. The molecule has 30 heavy (non-hydrogen) atoms. The van der Waals surface area contributed by atoms with E-state index >= 15 is 0 Å². The highest BCUT2D eigenvalue weighted by Gasteiger charge is 2.17.